The van der Waals surface area contributed by atoms with E-state index >= 15 is 0 Å². The molecule has 0 saturated heterocycles. The molecule has 1 aromatic heterocycles. The summed E-state index contributed by atoms with van der Waals surface area (Å²) in [7, 11) is 0. The van der Waals surface area contributed by atoms with Crippen molar-refractivity contribution in [2.24, 2.45) is 16.1 Å². The predicted molar refractivity (Wildman–Crippen MR) is 124 cm³/mol. The van der Waals surface area contributed by atoms with Crippen molar-refractivity contribution in [3.05, 3.63) is 71.5 Å². The zero-order chi connectivity index (χ0) is 23.2. The van der Waals surface area contributed by atoms with E-state index in [9.17, 15) is 5.26 Å². The molecule has 3 heterocycles. The highest BCUT2D eigenvalue weighted by Gasteiger charge is 2.49. The summed E-state index contributed by atoms with van der Waals surface area (Å²) in [5.74, 6) is 1.67. The summed E-state index contributed by atoms with van der Waals surface area (Å²) in [6.07, 6.45) is 3.53. The number of hydrogen-bond donors (Lipinski definition) is 1. The Morgan fingerprint density at radius 2 is 1.97 bits per heavy atom. The van der Waals surface area contributed by atoms with E-state index < -0.39 is 5.54 Å². The molecule has 2 aromatic carbocycles. The van der Waals surface area contributed by atoms with Crippen molar-refractivity contribution < 1.29 is 14.2 Å². The molecule has 1 unspecified atom stereocenters. The van der Waals surface area contributed by atoms with E-state index in [1.54, 1.807) is 18.5 Å². The van der Waals surface area contributed by atoms with Crippen LogP contribution in [0, 0.1) is 16.7 Å². The topological polar surface area (TPSA) is 103 Å². The quantitative estimate of drug-likeness (QED) is 0.631. The van der Waals surface area contributed by atoms with Gasteiger partial charge in [0.05, 0.1) is 12.2 Å². The Kier molecular flexibility index (Phi) is 4.75. The number of hydrogen-bond acceptors (Lipinski definition) is 7. The fourth-order valence-electron chi connectivity index (χ4n) is 4.19. The molecule has 5 rings (SSSR count). The van der Waals surface area contributed by atoms with Crippen LogP contribution in [-0.2, 0) is 10.3 Å². The number of nitriles is 1. The van der Waals surface area contributed by atoms with Gasteiger partial charge in [-0.15, -0.1) is 0 Å². The van der Waals surface area contributed by atoms with E-state index in [1.807, 2.05) is 36.4 Å². The molecule has 2 aliphatic rings. The number of nitrogens with two attached hydrogens (primary N) is 1. The Hall–Kier alpha value is -4.05. The van der Waals surface area contributed by atoms with Crippen LogP contribution in [0.3, 0.4) is 0 Å². The Morgan fingerprint density at radius 1 is 1.15 bits per heavy atom. The number of aromatic nitrogens is 1. The van der Waals surface area contributed by atoms with E-state index in [-0.39, 0.29) is 18.0 Å². The van der Waals surface area contributed by atoms with Gasteiger partial charge in [0.1, 0.15) is 35.5 Å². The van der Waals surface area contributed by atoms with Gasteiger partial charge in [-0.3, -0.25) is 4.98 Å². The molecule has 0 aliphatic carbocycles. The zero-order valence-electron chi connectivity index (χ0n) is 18.8. The van der Waals surface area contributed by atoms with Crippen LogP contribution in [0.4, 0.5) is 0 Å². The minimum atomic E-state index is -1.02. The smallest absolute Gasteiger partial charge is 0.283 e. The second-order valence-corrected chi connectivity index (χ2v) is 9.43. The Balaban J connectivity index is 1.71. The molecule has 3 aromatic rings. The van der Waals surface area contributed by atoms with E-state index in [0.717, 1.165) is 16.7 Å². The minimum absolute atomic E-state index is 0.0684. The lowest BCUT2D eigenvalue weighted by Gasteiger charge is -2.35. The van der Waals surface area contributed by atoms with Gasteiger partial charge < -0.3 is 19.9 Å². The summed E-state index contributed by atoms with van der Waals surface area (Å²) in [5.41, 5.74) is 8.59. The fraction of sp³-hybridized carbons (Fsp3) is 0.269. The van der Waals surface area contributed by atoms with Gasteiger partial charge in [0, 0.05) is 23.5 Å². The monoisotopic (exact) mass is 440 g/mol. The third kappa shape index (κ3) is 3.54. The van der Waals surface area contributed by atoms with Gasteiger partial charge in [0.2, 0.25) is 0 Å². The first-order valence-electron chi connectivity index (χ1n) is 10.7. The number of amidine groups is 1. The molecule has 7 nitrogen and oxygen atoms in total. The minimum Gasteiger partial charge on any atom is -0.492 e. The number of pyridine rings is 1. The maximum absolute atomic E-state index is 10.2. The normalized spacial score (nSPS) is 18.4. The molecule has 0 fully saturated rings. The highest BCUT2D eigenvalue weighted by molar-refractivity contribution is 5.79. The average molecular weight is 441 g/mol. The molecular formula is C26H24N4O3. The Morgan fingerprint density at radius 3 is 2.64 bits per heavy atom. The Bertz CT molecular complexity index is 1310. The van der Waals surface area contributed by atoms with E-state index in [1.165, 1.54) is 0 Å². The Labute approximate surface area is 192 Å². The first kappa shape index (κ1) is 20.8. The maximum Gasteiger partial charge on any atom is 0.283 e. The van der Waals surface area contributed by atoms with Gasteiger partial charge in [-0.05, 0) is 41.3 Å². The van der Waals surface area contributed by atoms with Crippen molar-refractivity contribution in [3.63, 3.8) is 0 Å². The highest BCUT2D eigenvalue weighted by atomic mass is 16.5. The van der Waals surface area contributed by atoms with Gasteiger partial charge >= 0.3 is 0 Å². The molecule has 0 bridgehead atoms. The summed E-state index contributed by atoms with van der Waals surface area (Å²) in [4.78, 5) is 8.95. The lowest BCUT2D eigenvalue weighted by Crippen LogP contribution is -2.32. The lowest BCUT2D eigenvalue weighted by atomic mass is 9.78. The summed E-state index contributed by atoms with van der Waals surface area (Å²) < 4.78 is 18.0. The van der Waals surface area contributed by atoms with Crippen molar-refractivity contribution >= 4 is 6.02 Å². The summed E-state index contributed by atoms with van der Waals surface area (Å²) in [6, 6.07) is 15.7. The fourth-order valence-corrected chi connectivity index (χ4v) is 4.19. The van der Waals surface area contributed by atoms with Gasteiger partial charge in [0.15, 0.2) is 5.54 Å². The van der Waals surface area contributed by atoms with Crippen LogP contribution in [-0.4, -0.2) is 24.2 Å². The van der Waals surface area contributed by atoms with Crippen LogP contribution >= 0.6 is 0 Å². The largest absolute Gasteiger partial charge is 0.492 e. The van der Waals surface area contributed by atoms with Gasteiger partial charge in [0.25, 0.3) is 6.02 Å². The van der Waals surface area contributed by atoms with Gasteiger partial charge in [-0.2, -0.15) is 5.26 Å². The van der Waals surface area contributed by atoms with Gasteiger partial charge in [-0.25, -0.2) is 4.99 Å². The number of fused-ring (bicyclic) bond motifs is 4. The van der Waals surface area contributed by atoms with Crippen molar-refractivity contribution in [1.29, 1.82) is 5.26 Å². The van der Waals surface area contributed by atoms with Crippen LogP contribution < -0.4 is 15.2 Å². The maximum atomic E-state index is 10.2. The van der Waals surface area contributed by atoms with Gasteiger partial charge in [-0.1, -0.05) is 32.9 Å². The van der Waals surface area contributed by atoms with Crippen molar-refractivity contribution in [2.45, 2.75) is 26.3 Å². The highest BCUT2D eigenvalue weighted by Crippen LogP contribution is 2.54. The van der Waals surface area contributed by atoms with E-state index in [2.05, 4.69) is 31.8 Å². The summed E-state index contributed by atoms with van der Waals surface area (Å²) in [6.45, 7) is 6.85. The van der Waals surface area contributed by atoms with Crippen molar-refractivity contribution in [1.82, 2.24) is 4.98 Å². The standard InChI is InChI=1S/C26H24N4O3/c1-25(2,3)14-31-20-8-9-22-23(18(20)12-27)26(15-32-24(28)30-26)19-11-16(6-7-21(19)33-22)17-5-4-10-29-13-17/h4-11,13H,14-15H2,1-3H3,(H2,28,30). The molecule has 0 radical (unpaired) electrons. The van der Waals surface area contributed by atoms with Crippen LogP contribution in [0.1, 0.15) is 37.5 Å². The molecule has 2 N–H and O–H groups in total. The van der Waals surface area contributed by atoms with Crippen molar-refractivity contribution in [2.75, 3.05) is 13.2 Å². The summed E-state index contributed by atoms with van der Waals surface area (Å²) >= 11 is 0. The zero-order valence-corrected chi connectivity index (χ0v) is 18.8. The predicted octanol–water partition coefficient (Wildman–Crippen LogP) is 4.74. The molecule has 0 amide bonds. The van der Waals surface area contributed by atoms with E-state index in [4.69, 9.17) is 24.9 Å². The second-order valence-electron chi connectivity index (χ2n) is 9.43. The first-order chi connectivity index (χ1) is 15.8. The SMILES string of the molecule is CC(C)(C)COc1ccc2c(c1C#N)C1(COC(N)=N1)c1cc(-c3cccnc3)ccc1O2. The third-order valence-corrected chi connectivity index (χ3v) is 5.68. The van der Waals surface area contributed by atoms with E-state index in [0.29, 0.717) is 35.0 Å². The van der Waals surface area contributed by atoms with Crippen LogP contribution in [0.15, 0.2) is 59.9 Å². The number of benzene rings is 2. The molecule has 2 aliphatic heterocycles. The molecule has 1 spiro atoms. The molecule has 33 heavy (non-hydrogen) atoms. The van der Waals surface area contributed by atoms with Crippen molar-refractivity contribution in [3.8, 4) is 34.4 Å². The molecule has 1 atom stereocenters. The lowest BCUT2D eigenvalue weighted by molar-refractivity contribution is 0.196. The number of rotatable bonds is 3. The summed E-state index contributed by atoms with van der Waals surface area (Å²) in [5, 5.41) is 10.2. The first-order valence-corrected chi connectivity index (χ1v) is 10.7. The number of ether oxygens (including phenoxy) is 3. The molecular weight excluding hydrogens is 416 g/mol. The molecule has 0 saturated carbocycles. The molecule has 7 heteroatoms. The molecule has 166 valence electrons. The third-order valence-electron chi connectivity index (χ3n) is 5.68. The number of aliphatic imine (C=N–C) groups is 1. The van der Waals surface area contributed by atoms with Crippen LogP contribution in [0.25, 0.3) is 11.1 Å². The second kappa shape index (κ2) is 7.52. The average Bonchev–Trinajstić information content (AvgIpc) is 3.19. The van der Waals surface area contributed by atoms with Crippen LogP contribution in [0.5, 0.6) is 17.2 Å². The van der Waals surface area contributed by atoms with Crippen LogP contribution in [0.2, 0.25) is 0 Å². The number of nitrogens with zero attached hydrogens (tertiary/aromatic N) is 3.